The van der Waals surface area contributed by atoms with Crippen molar-refractivity contribution in [2.24, 2.45) is 0 Å². The molecule has 3 nitrogen and oxygen atoms in total. The Morgan fingerprint density at radius 3 is 2.75 bits per heavy atom. The van der Waals surface area contributed by atoms with Crippen LogP contribution in [0.2, 0.25) is 0 Å². The number of methoxy groups -OCH3 is 1. The number of aliphatic hydroxyl groups excluding tert-OH is 1. The maximum atomic E-state index is 8.66. The summed E-state index contributed by atoms with van der Waals surface area (Å²) in [6.45, 7) is 3.53. The van der Waals surface area contributed by atoms with Gasteiger partial charge in [-0.05, 0) is 37.0 Å². The molecule has 1 rings (SSSR count). The van der Waals surface area contributed by atoms with Crippen LogP contribution in [0.5, 0.6) is 5.75 Å². The van der Waals surface area contributed by atoms with Gasteiger partial charge in [-0.2, -0.15) is 0 Å². The lowest BCUT2D eigenvalue weighted by Crippen LogP contribution is -2.02. The molecule has 0 unspecified atom stereocenters. The zero-order valence-electron chi connectivity index (χ0n) is 10.0. The van der Waals surface area contributed by atoms with Crippen LogP contribution in [-0.4, -0.2) is 25.4 Å². The van der Waals surface area contributed by atoms with Crippen LogP contribution in [-0.2, 0) is 11.3 Å². The van der Waals surface area contributed by atoms with Crippen molar-refractivity contribution >= 4 is 0 Å². The van der Waals surface area contributed by atoms with Crippen molar-refractivity contribution in [2.45, 2.75) is 26.4 Å². The summed E-state index contributed by atoms with van der Waals surface area (Å²) in [5.74, 6) is 0.910. The zero-order chi connectivity index (χ0) is 11.8. The molecule has 0 aromatic heterocycles. The first-order valence-electron chi connectivity index (χ1n) is 5.60. The predicted octanol–water partition coefficient (Wildman–Crippen LogP) is 2.29. The number of hydrogen-bond acceptors (Lipinski definition) is 3. The van der Waals surface area contributed by atoms with E-state index in [2.05, 4.69) is 0 Å². The molecule has 0 bridgehead atoms. The lowest BCUT2D eigenvalue weighted by molar-refractivity contribution is 0.183. The van der Waals surface area contributed by atoms with Gasteiger partial charge in [0.1, 0.15) is 5.75 Å². The Morgan fingerprint density at radius 2 is 2.06 bits per heavy atom. The monoisotopic (exact) mass is 224 g/mol. The van der Waals surface area contributed by atoms with E-state index in [1.807, 2.05) is 25.1 Å². The van der Waals surface area contributed by atoms with Crippen LogP contribution in [0.4, 0.5) is 0 Å². The Morgan fingerprint density at radius 1 is 1.25 bits per heavy atom. The van der Waals surface area contributed by atoms with E-state index in [1.165, 1.54) is 0 Å². The molecule has 0 amide bonds. The number of ether oxygens (including phenoxy) is 2. The molecule has 1 N–H and O–H groups in total. The van der Waals surface area contributed by atoms with Gasteiger partial charge in [0.2, 0.25) is 0 Å². The van der Waals surface area contributed by atoms with Gasteiger partial charge < -0.3 is 14.6 Å². The van der Waals surface area contributed by atoms with E-state index in [1.54, 1.807) is 7.11 Å². The maximum Gasteiger partial charge on any atom is 0.122 e. The molecule has 3 heteroatoms. The quantitative estimate of drug-likeness (QED) is 0.722. The number of unbranched alkanes of at least 4 members (excludes halogenated alkanes) is 1. The second-order valence-corrected chi connectivity index (χ2v) is 3.75. The van der Waals surface area contributed by atoms with Gasteiger partial charge in [-0.15, -0.1) is 0 Å². The van der Waals surface area contributed by atoms with Crippen molar-refractivity contribution in [1.29, 1.82) is 0 Å². The van der Waals surface area contributed by atoms with Crippen molar-refractivity contribution in [1.82, 2.24) is 0 Å². The number of hydrogen-bond donors (Lipinski definition) is 1. The highest BCUT2D eigenvalue weighted by molar-refractivity contribution is 5.38. The van der Waals surface area contributed by atoms with E-state index >= 15 is 0 Å². The molecular weight excluding hydrogens is 204 g/mol. The van der Waals surface area contributed by atoms with E-state index in [9.17, 15) is 0 Å². The standard InChI is InChI=1S/C13H20O3/c1-11-12(10-15-2)6-5-7-13(11)16-9-4-3-8-14/h5-7,14H,3-4,8-10H2,1-2H3. The first-order valence-corrected chi connectivity index (χ1v) is 5.60. The molecule has 1 aromatic rings. The van der Waals surface area contributed by atoms with Crippen LogP contribution in [0.1, 0.15) is 24.0 Å². The molecule has 0 radical (unpaired) electrons. The van der Waals surface area contributed by atoms with Crippen molar-refractivity contribution in [3.8, 4) is 5.75 Å². The van der Waals surface area contributed by atoms with E-state index < -0.39 is 0 Å². The third-order valence-electron chi connectivity index (χ3n) is 2.51. The Balaban J connectivity index is 2.55. The highest BCUT2D eigenvalue weighted by Crippen LogP contribution is 2.22. The highest BCUT2D eigenvalue weighted by Gasteiger charge is 2.04. The van der Waals surface area contributed by atoms with Gasteiger partial charge in [-0.25, -0.2) is 0 Å². The maximum absolute atomic E-state index is 8.66. The van der Waals surface area contributed by atoms with Crippen LogP contribution in [0.3, 0.4) is 0 Å². The SMILES string of the molecule is COCc1cccc(OCCCCO)c1C. The first-order chi connectivity index (χ1) is 7.79. The summed E-state index contributed by atoms with van der Waals surface area (Å²) in [5.41, 5.74) is 2.29. The van der Waals surface area contributed by atoms with Crippen LogP contribution >= 0.6 is 0 Å². The van der Waals surface area contributed by atoms with Gasteiger partial charge in [0.25, 0.3) is 0 Å². The van der Waals surface area contributed by atoms with E-state index in [4.69, 9.17) is 14.6 Å². The molecule has 0 spiro atoms. The molecule has 0 heterocycles. The fourth-order valence-electron chi connectivity index (χ4n) is 1.52. The molecule has 0 aliphatic carbocycles. The van der Waals surface area contributed by atoms with Crippen LogP contribution in [0, 0.1) is 6.92 Å². The summed E-state index contributed by atoms with van der Waals surface area (Å²) in [6, 6.07) is 5.98. The van der Waals surface area contributed by atoms with Crippen molar-refractivity contribution in [2.75, 3.05) is 20.3 Å². The van der Waals surface area contributed by atoms with Gasteiger partial charge >= 0.3 is 0 Å². The zero-order valence-corrected chi connectivity index (χ0v) is 10.0. The normalized spacial score (nSPS) is 10.4. The second-order valence-electron chi connectivity index (χ2n) is 3.75. The molecule has 1 aromatic carbocycles. The first kappa shape index (κ1) is 13.0. The van der Waals surface area contributed by atoms with E-state index in [-0.39, 0.29) is 6.61 Å². The Labute approximate surface area is 97.0 Å². The second kappa shape index (κ2) is 7.25. The average molecular weight is 224 g/mol. The largest absolute Gasteiger partial charge is 0.493 e. The topological polar surface area (TPSA) is 38.7 Å². The van der Waals surface area contributed by atoms with Gasteiger partial charge in [0.05, 0.1) is 13.2 Å². The number of benzene rings is 1. The summed E-state index contributed by atoms with van der Waals surface area (Å²) < 4.78 is 10.8. The van der Waals surface area contributed by atoms with Gasteiger partial charge in [0.15, 0.2) is 0 Å². The molecule has 0 atom stereocenters. The minimum absolute atomic E-state index is 0.228. The fraction of sp³-hybridized carbons (Fsp3) is 0.538. The molecule has 0 saturated heterocycles. The summed E-state index contributed by atoms with van der Waals surface area (Å²) >= 11 is 0. The summed E-state index contributed by atoms with van der Waals surface area (Å²) in [4.78, 5) is 0. The van der Waals surface area contributed by atoms with Crippen molar-refractivity contribution in [3.05, 3.63) is 29.3 Å². The van der Waals surface area contributed by atoms with E-state index in [0.29, 0.717) is 13.2 Å². The summed E-state index contributed by atoms with van der Waals surface area (Å²) in [6.07, 6.45) is 1.67. The number of aliphatic hydroxyl groups is 1. The smallest absolute Gasteiger partial charge is 0.122 e. The third kappa shape index (κ3) is 3.83. The Bertz CT molecular complexity index is 310. The van der Waals surface area contributed by atoms with Gasteiger partial charge in [-0.3, -0.25) is 0 Å². The van der Waals surface area contributed by atoms with Crippen molar-refractivity contribution in [3.63, 3.8) is 0 Å². The number of rotatable bonds is 7. The lowest BCUT2D eigenvalue weighted by Gasteiger charge is -2.12. The van der Waals surface area contributed by atoms with Crippen LogP contribution in [0.25, 0.3) is 0 Å². The van der Waals surface area contributed by atoms with Gasteiger partial charge in [-0.1, -0.05) is 12.1 Å². The summed E-state index contributed by atoms with van der Waals surface area (Å²) in [5, 5.41) is 8.66. The molecular formula is C13H20O3. The highest BCUT2D eigenvalue weighted by atomic mass is 16.5. The Hall–Kier alpha value is -1.06. The van der Waals surface area contributed by atoms with E-state index in [0.717, 1.165) is 29.7 Å². The Kier molecular flexibility index (Phi) is 5.90. The van der Waals surface area contributed by atoms with Crippen molar-refractivity contribution < 1.29 is 14.6 Å². The third-order valence-corrected chi connectivity index (χ3v) is 2.51. The van der Waals surface area contributed by atoms with Gasteiger partial charge in [0, 0.05) is 13.7 Å². The molecule has 90 valence electrons. The minimum Gasteiger partial charge on any atom is -0.493 e. The molecule has 16 heavy (non-hydrogen) atoms. The molecule has 0 aliphatic heterocycles. The average Bonchev–Trinajstić information content (AvgIpc) is 2.29. The fourth-order valence-corrected chi connectivity index (χ4v) is 1.52. The molecule has 0 fully saturated rings. The summed E-state index contributed by atoms with van der Waals surface area (Å²) in [7, 11) is 1.69. The molecule has 0 aliphatic rings. The predicted molar refractivity (Wildman–Crippen MR) is 63.7 cm³/mol. The lowest BCUT2D eigenvalue weighted by atomic mass is 10.1. The van der Waals surface area contributed by atoms with Crippen LogP contribution in [0.15, 0.2) is 18.2 Å². The molecule has 0 saturated carbocycles. The minimum atomic E-state index is 0.228. The van der Waals surface area contributed by atoms with Crippen LogP contribution < -0.4 is 4.74 Å².